The van der Waals surface area contributed by atoms with Crippen LogP contribution in [-0.2, 0) is 16.1 Å². The van der Waals surface area contributed by atoms with E-state index in [0.717, 1.165) is 18.4 Å². The van der Waals surface area contributed by atoms with E-state index < -0.39 is 0 Å². The van der Waals surface area contributed by atoms with E-state index in [2.05, 4.69) is 27.6 Å². The molecule has 1 saturated carbocycles. The van der Waals surface area contributed by atoms with Crippen LogP contribution in [0.2, 0.25) is 0 Å². The Labute approximate surface area is 141 Å². The molecule has 6 nitrogen and oxygen atoms in total. The average Bonchev–Trinajstić information content (AvgIpc) is 3.25. The molecule has 3 rings (SSSR count). The molecule has 1 aliphatic carbocycles. The number of aryl methyl sites for hydroxylation is 1. The number of ether oxygens (including phenoxy) is 1. The zero-order valence-corrected chi connectivity index (χ0v) is 13.9. The van der Waals surface area contributed by atoms with Gasteiger partial charge in [0, 0.05) is 0 Å². The van der Waals surface area contributed by atoms with Crippen LogP contribution in [-0.4, -0.2) is 22.7 Å². The molecule has 0 unspecified atom stereocenters. The molecule has 1 atom stereocenters. The highest BCUT2D eigenvalue weighted by Gasteiger charge is 2.27. The summed E-state index contributed by atoms with van der Waals surface area (Å²) in [5.74, 6) is 1.32. The highest BCUT2D eigenvalue weighted by Crippen LogP contribution is 2.35. The van der Waals surface area contributed by atoms with Crippen molar-refractivity contribution in [1.29, 1.82) is 0 Å². The highest BCUT2D eigenvalue weighted by atomic mass is 16.5. The summed E-state index contributed by atoms with van der Waals surface area (Å²) in [5.41, 5.74) is 1.16. The molecule has 1 aromatic heterocycles. The number of nitrogens with one attached hydrogen (secondary N) is 1. The fraction of sp³-hybridized carbons (Fsp3) is 0.500. The van der Waals surface area contributed by atoms with Crippen molar-refractivity contribution in [1.82, 2.24) is 15.5 Å². The summed E-state index contributed by atoms with van der Waals surface area (Å²) in [6.45, 7) is 1.87. The van der Waals surface area contributed by atoms with Crippen LogP contribution in [0.5, 0.6) is 0 Å². The van der Waals surface area contributed by atoms with E-state index in [4.69, 9.17) is 9.26 Å². The number of aromatic nitrogens is 2. The Morgan fingerprint density at radius 2 is 2.08 bits per heavy atom. The fourth-order valence-corrected chi connectivity index (χ4v) is 3.27. The maximum atomic E-state index is 12.3. The molecule has 1 N–H and O–H groups in total. The number of benzene rings is 1. The minimum absolute atomic E-state index is 0.0164. The van der Waals surface area contributed by atoms with Crippen molar-refractivity contribution in [2.45, 2.75) is 45.3 Å². The molecule has 2 aromatic rings. The van der Waals surface area contributed by atoms with Gasteiger partial charge in [-0.25, -0.2) is 0 Å². The van der Waals surface area contributed by atoms with Gasteiger partial charge >= 0.3 is 0 Å². The number of rotatable bonds is 7. The maximum Gasteiger partial charge on any atom is 0.252 e. The van der Waals surface area contributed by atoms with Gasteiger partial charge in [-0.1, -0.05) is 48.3 Å². The summed E-state index contributed by atoms with van der Waals surface area (Å²) in [4.78, 5) is 16.3. The van der Waals surface area contributed by atoms with Gasteiger partial charge in [-0.05, 0) is 31.2 Å². The average molecular weight is 329 g/mol. The largest absolute Gasteiger partial charge is 0.362 e. The Morgan fingerprint density at radius 1 is 1.33 bits per heavy atom. The SMILES string of the molecule is Cc1noc(COCC(=O)N[C@@H](c2ccccc2)C2CCCC2)n1. The Morgan fingerprint density at radius 3 is 2.75 bits per heavy atom. The first kappa shape index (κ1) is 16.6. The van der Waals surface area contributed by atoms with Crippen LogP contribution >= 0.6 is 0 Å². The van der Waals surface area contributed by atoms with Crippen molar-refractivity contribution in [3.63, 3.8) is 0 Å². The van der Waals surface area contributed by atoms with Gasteiger partial charge in [0.05, 0.1) is 6.04 Å². The first-order valence-electron chi connectivity index (χ1n) is 8.43. The van der Waals surface area contributed by atoms with E-state index in [0.29, 0.717) is 17.6 Å². The van der Waals surface area contributed by atoms with Gasteiger partial charge in [-0.3, -0.25) is 4.79 Å². The molecule has 128 valence electrons. The van der Waals surface area contributed by atoms with E-state index in [1.54, 1.807) is 6.92 Å². The minimum Gasteiger partial charge on any atom is -0.362 e. The van der Waals surface area contributed by atoms with Crippen molar-refractivity contribution in [3.05, 3.63) is 47.6 Å². The van der Waals surface area contributed by atoms with Gasteiger partial charge in [-0.2, -0.15) is 4.98 Å². The molecule has 24 heavy (non-hydrogen) atoms. The van der Waals surface area contributed by atoms with Crippen molar-refractivity contribution in [2.75, 3.05) is 6.61 Å². The quantitative estimate of drug-likeness (QED) is 0.845. The Kier molecular flexibility index (Phi) is 5.59. The van der Waals surface area contributed by atoms with Crippen molar-refractivity contribution in [2.24, 2.45) is 5.92 Å². The first-order chi connectivity index (χ1) is 11.7. The first-order valence-corrected chi connectivity index (χ1v) is 8.43. The number of carbonyl (C=O) groups is 1. The number of hydrogen-bond acceptors (Lipinski definition) is 5. The Bertz CT molecular complexity index is 651. The zero-order chi connectivity index (χ0) is 16.8. The number of amides is 1. The fourth-order valence-electron chi connectivity index (χ4n) is 3.27. The lowest BCUT2D eigenvalue weighted by Crippen LogP contribution is -2.35. The maximum absolute atomic E-state index is 12.3. The van der Waals surface area contributed by atoms with Crippen LogP contribution in [0.25, 0.3) is 0 Å². The molecule has 0 spiro atoms. The van der Waals surface area contributed by atoms with Crippen molar-refractivity contribution < 1.29 is 14.1 Å². The van der Waals surface area contributed by atoms with E-state index in [9.17, 15) is 4.79 Å². The third-order valence-corrected chi connectivity index (χ3v) is 4.37. The number of hydrogen-bond donors (Lipinski definition) is 1. The molecule has 0 bridgehead atoms. The third-order valence-electron chi connectivity index (χ3n) is 4.37. The Balaban J connectivity index is 1.54. The molecule has 0 radical (unpaired) electrons. The second-order valence-electron chi connectivity index (χ2n) is 6.23. The van der Waals surface area contributed by atoms with Crippen LogP contribution < -0.4 is 5.32 Å². The molecule has 6 heteroatoms. The number of carbonyl (C=O) groups excluding carboxylic acids is 1. The predicted octanol–water partition coefficient (Wildman–Crippen LogP) is 2.94. The summed E-state index contributed by atoms with van der Waals surface area (Å²) in [6.07, 6.45) is 4.78. The van der Waals surface area contributed by atoms with Gasteiger partial charge in [0.1, 0.15) is 13.2 Å². The molecule has 1 heterocycles. The summed E-state index contributed by atoms with van der Waals surface area (Å²) >= 11 is 0. The smallest absolute Gasteiger partial charge is 0.252 e. The van der Waals surface area contributed by atoms with Crippen LogP contribution in [0, 0.1) is 12.8 Å². The van der Waals surface area contributed by atoms with E-state index in [1.165, 1.54) is 12.8 Å². The Hall–Kier alpha value is -2.21. The second-order valence-corrected chi connectivity index (χ2v) is 6.23. The lowest BCUT2D eigenvalue weighted by molar-refractivity contribution is -0.127. The van der Waals surface area contributed by atoms with Crippen molar-refractivity contribution >= 4 is 5.91 Å². The number of nitrogens with zero attached hydrogens (tertiary/aromatic N) is 2. The predicted molar refractivity (Wildman–Crippen MR) is 88.0 cm³/mol. The monoisotopic (exact) mass is 329 g/mol. The summed E-state index contributed by atoms with van der Waals surface area (Å²) in [5, 5.41) is 6.82. The van der Waals surface area contributed by atoms with Crippen LogP contribution in [0.1, 0.15) is 49.0 Å². The molecular weight excluding hydrogens is 306 g/mol. The zero-order valence-electron chi connectivity index (χ0n) is 13.9. The van der Waals surface area contributed by atoms with Gasteiger partial charge < -0.3 is 14.6 Å². The summed E-state index contributed by atoms with van der Waals surface area (Å²) in [7, 11) is 0. The molecular formula is C18H23N3O3. The normalized spacial score (nSPS) is 16.2. The molecule has 0 aliphatic heterocycles. The highest BCUT2D eigenvalue weighted by molar-refractivity contribution is 5.77. The molecule has 1 amide bonds. The van der Waals surface area contributed by atoms with E-state index in [-0.39, 0.29) is 25.2 Å². The molecule has 1 aliphatic rings. The lowest BCUT2D eigenvalue weighted by Gasteiger charge is -2.25. The van der Waals surface area contributed by atoms with E-state index in [1.807, 2.05) is 18.2 Å². The van der Waals surface area contributed by atoms with Gasteiger partial charge in [0.2, 0.25) is 5.91 Å². The van der Waals surface area contributed by atoms with Crippen LogP contribution in [0.4, 0.5) is 0 Å². The van der Waals surface area contributed by atoms with Crippen LogP contribution in [0.3, 0.4) is 0 Å². The third kappa shape index (κ3) is 4.41. The van der Waals surface area contributed by atoms with Gasteiger partial charge in [-0.15, -0.1) is 0 Å². The lowest BCUT2D eigenvalue weighted by atomic mass is 9.91. The second kappa shape index (κ2) is 8.06. The minimum atomic E-state index is -0.119. The van der Waals surface area contributed by atoms with Crippen LogP contribution in [0.15, 0.2) is 34.9 Å². The molecule has 1 aromatic carbocycles. The topological polar surface area (TPSA) is 77.2 Å². The molecule has 1 fully saturated rings. The summed E-state index contributed by atoms with van der Waals surface area (Å²) in [6, 6.07) is 10.2. The summed E-state index contributed by atoms with van der Waals surface area (Å²) < 4.78 is 10.3. The van der Waals surface area contributed by atoms with E-state index >= 15 is 0 Å². The van der Waals surface area contributed by atoms with Crippen molar-refractivity contribution in [3.8, 4) is 0 Å². The van der Waals surface area contributed by atoms with Gasteiger partial charge in [0.25, 0.3) is 5.89 Å². The standard InChI is InChI=1S/C18H23N3O3/c1-13-19-17(24-21-13)12-23-11-16(22)20-18(15-9-5-6-10-15)14-7-3-2-4-8-14/h2-4,7-8,15,18H,5-6,9-12H2,1H3,(H,20,22)/t18-/m0/s1. The molecule has 0 saturated heterocycles. The van der Waals surface area contributed by atoms with Gasteiger partial charge in [0.15, 0.2) is 5.82 Å².